The van der Waals surface area contributed by atoms with Crippen molar-refractivity contribution < 1.29 is 0 Å². The zero-order valence-electron chi connectivity index (χ0n) is 5.98. The average Bonchev–Trinajstić information content (AvgIpc) is 2.56. The predicted molar refractivity (Wildman–Crippen MR) is 40.2 cm³/mol. The molecule has 0 aliphatic heterocycles. The van der Waals surface area contributed by atoms with E-state index in [0.717, 1.165) is 0 Å². The number of aromatic nitrogens is 5. The Morgan fingerprint density at radius 2 is 2.25 bits per heavy atom. The predicted octanol–water partition coefficient (Wildman–Crippen LogP) is -0.445. The van der Waals surface area contributed by atoms with Gasteiger partial charge in [0.05, 0.1) is 11.9 Å². The third-order valence-corrected chi connectivity index (χ3v) is 1.35. The Balaban J connectivity index is 2.55. The Bertz CT molecular complexity index is 418. The Morgan fingerprint density at radius 1 is 1.33 bits per heavy atom. The van der Waals surface area contributed by atoms with Gasteiger partial charge >= 0.3 is 5.69 Å². The van der Waals surface area contributed by atoms with Crippen molar-refractivity contribution in [2.75, 3.05) is 0 Å². The van der Waals surface area contributed by atoms with Crippen molar-refractivity contribution in [2.24, 2.45) is 0 Å². The maximum absolute atomic E-state index is 10.8. The summed E-state index contributed by atoms with van der Waals surface area (Å²) in [7, 11) is 0. The summed E-state index contributed by atoms with van der Waals surface area (Å²) in [4.78, 5) is 16.9. The smallest absolute Gasteiger partial charge is 0.313 e. The van der Waals surface area contributed by atoms with E-state index in [4.69, 9.17) is 0 Å². The van der Waals surface area contributed by atoms with Gasteiger partial charge in [0.1, 0.15) is 5.69 Å². The largest absolute Gasteiger partial charge is 0.345 e. The van der Waals surface area contributed by atoms with Crippen LogP contribution in [0.2, 0.25) is 0 Å². The number of rotatable bonds is 1. The van der Waals surface area contributed by atoms with Gasteiger partial charge in [-0.15, -0.1) is 5.10 Å². The lowest BCUT2D eigenvalue weighted by atomic mass is 10.3. The minimum absolute atomic E-state index is 0.393. The van der Waals surface area contributed by atoms with Crippen molar-refractivity contribution in [3.05, 3.63) is 28.9 Å². The van der Waals surface area contributed by atoms with E-state index >= 15 is 0 Å². The summed E-state index contributed by atoms with van der Waals surface area (Å²) in [5.74, 6) is 0. The quantitative estimate of drug-likeness (QED) is 0.596. The second-order valence-corrected chi connectivity index (χ2v) is 2.14. The third-order valence-electron chi connectivity index (χ3n) is 1.35. The fraction of sp³-hybridized carbons (Fsp3) is 0. The molecule has 0 radical (unpaired) electrons. The number of hydrogen-bond acceptors (Lipinski definition) is 4. The second kappa shape index (κ2) is 2.57. The van der Waals surface area contributed by atoms with E-state index in [1.807, 2.05) is 0 Å². The normalized spacial score (nSPS) is 10.0. The molecular weight excluding hydrogens is 158 g/mol. The first-order valence-electron chi connectivity index (χ1n) is 3.29. The minimum Gasteiger partial charge on any atom is -0.313 e. The highest BCUT2D eigenvalue weighted by molar-refractivity contribution is 5.50. The molecule has 0 saturated heterocycles. The molecule has 6 heteroatoms. The summed E-state index contributed by atoms with van der Waals surface area (Å²) >= 11 is 0. The number of nitrogens with one attached hydrogen (secondary N) is 2. The summed E-state index contributed by atoms with van der Waals surface area (Å²) < 4.78 is 0. The maximum Gasteiger partial charge on any atom is 0.345 e. The minimum atomic E-state index is -0.393. The molecule has 0 fully saturated rings. The molecule has 6 nitrogen and oxygen atoms in total. The summed E-state index contributed by atoms with van der Waals surface area (Å²) in [6.07, 6.45) is 3.08. The summed E-state index contributed by atoms with van der Waals surface area (Å²) in [5, 5.41) is 9.74. The van der Waals surface area contributed by atoms with E-state index in [-0.39, 0.29) is 0 Å². The first-order chi connectivity index (χ1) is 5.86. The highest BCUT2D eigenvalue weighted by atomic mass is 16.1. The fourth-order valence-electron chi connectivity index (χ4n) is 0.840. The van der Waals surface area contributed by atoms with Gasteiger partial charge in [0.2, 0.25) is 0 Å². The Labute approximate surface area is 66.7 Å². The first-order valence-corrected chi connectivity index (χ1v) is 3.29. The average molecular weight is 163 g/mol. The van der Waals surface area contributed by atoms with Crippen LogP contribution in [0.5, 0.6) is 0 Å². The molecular formula is C6H5N5O. The maximum atomic E-state index is 10.8. The molecule has 0 aliphatic carbocycles. The van der Waals surface area contributed by atoms with Crippen LogP contribution in [0, 0.1) is 0 Å². The summed E-state index contributed by atoms with van der Waals surface area (Å²) in [6.45, 7) is 0. The molecule has 0 saturated carbocycles. The van der Waals surface area contributed by atoms with Gasteiger partial charge in [0, 0.05) is 6.20 Å². The van der Waals surface area contributed by atoms with Crippen LogP contribution in [-0.2, 0) is 0 Å². The lowest BCUT2D eigenvalue weighted by Crippen LogP contribution is -2.09. The van der Waals surface area contributed by atoms with E-state index in [1.54, 1.807) is 12.3 Å². The first kappa shape index (κ1) is 6.71. The van der Waals surface area contributed by atoms with Crippen LogP contribution in [0.25, 0.3) is 11.4 Å². The SMILES string of the molecule is O=c1nc(-c2c[nH]nn2)cc[nH]1. The molecule has 0 atom stereocenters. The monoisotopic (exact) mass is 163 g/mol. The van der Waals surface area contributed by atoms with Gasteiger partial charge in [-0.1, -0.05) is 5.21 Å². The van der Waals surface area contributed by atoms with Crippen molar-refractivity contribution >= 4 is 0 Å². The Morgan fingerprint density at radius 3 is 2.92 bits per heavy atom. The van der Waals surface area contributed by atoms with Crippen LogP contribution in [0.3, 0.4) is 0 Å². The Hall–Kier alpha value is -1.98. The molecule has 60 valence electrons. The van der Waals surface area contributed by atoms with E-state index in [0.29, 0.717) is 11.4 Å². The molecule has 0 unspecified atom stereocenters. The Kier molecular flexibility index (Phi) is 1.44. The van der Waals surface area contributed by atoms with E-state index < -0.39 is 5.69 Å². The van der Waals surface area contributed by atoms with E-state index in [1.165, 1.54) is 6.20 Å². The van der Waals surface area contributed by atoms with Crippen LogP contribution in [0.4, 0.5) is 0 Å². The molecule has 0 bridgehead atoms. The van der Waals surface area contributed by atoms with Gasteiger partial charge in [0.25, 0.3) is 0 Å². The van der Waals surface area contributed by atoms with Crippen molar-refractivity contribution in [3.8, 4) is 11.4 Å². The molecule has 12 heavy (non-hydrogen) atoms. The lowest BCUT2D eigenvalue weighted by molar-refractivity contribution is 0.939. The van der Waals surface area contributed by atoms with Crippen LogP contribution >= 0.6 is 0 Å². The number of H-pyrrole nitrogens is 2. The summed E-state index contributed by atoms with van der Waals surface area (Å²) in [6, 6.07) is 1.65. The number of hydrogen-bond donors (Lipinski definition) is 2. The van der Waals surface area contributed by atoms with Crippen molar-refractivity contribution in [1.82, 2.24) is 25.4 Å². The topological polar surface area (TPSA) is 87.3 Å². The van der Waals surface area contributed by atoms with Crippen LogP contribution in [-0.4, -0.2) is 25.4 Å². The molecule has 2 rings (SSSR count). The second-order valence-electron chi connectivity index (χ2n) is 2.14. The van der Waals surface area contributed by atoms with E-state index in [9.17, 15) is 4.79 Å². The lowest BCUT2D eigenvalue weighted by Gasteiger charge is -1.89. The molecule has 2 N–H and O–H groups in total. The molecule has 0 aliphatic rings. The fourth-order valence-corrected chi connectivity index (χ4v) is 0.840. The molecule has 2 aromatic heterocycles. The van der Waals surface area contributed by atoms with Gasteiger partial charge in [0.15, 0.2) is 0 Å². The standard InChI is InChI=1S/C6H5N5O/c12-6-7-2-1-4(9-6)5-3-8-11-10-5/h1-3H,(H,7,9,12)(H,8,10,11). The van der Waals surface area contributed by atoms with Gasteiger partial charge in [-0.05, 0) is 6.07 Å². The third kappa shape index (κ3) is 1.09. The van der Waals surface area contributed by atoms with Gasteiger partial charge < -0.3 is 4.98 Å². The van der Waals surface area contributed by atoms with Gasteiger partial charge in [-0.3, -0.25) is 5.10 Å². The van der Waals surface area contributed by atoms with Crippen molar-refractivity contribution in [1.29, 1.82) is 0 Å². The zero-order chi connectivity index (χ0) is 8.39. The molecule has 0 aromatic carbocycles. The molecule has 0 amide bonds. The molecule has 0 spiro atoms. The highest BCUT2D eigenvalue weighted by Crippen LogP contribution is 2.07. The molecule has 2 heterocycles. The zero-order valence-corrected chi connectivity index (χ0v) is 5.98. The van der Waals surface area contributed by atoms with Crippen LogP contribution in [0.1, 0.15) is 0 Å². The molecule has 2 aromatic rings. The van der Waals surface area contributed by atoms with Crippen molar-refractivity contribution in [3.63, 3.8) is 0 Å². The van der Waals surface area contributed by atoms with E-state index in [2.05, 4.69) is 25.4 Å². The van der Waals surface area contributed by atoms with Crippen molar-refractivity contribution in [2.45, 2.75) is 0 Å². The van der Waals surface area contributed by atoms with Crippen LogP contribution in [0.15, 0.2) is 23.3 Å². The highest BCUT2D eigenvalue weighted by Gasteiger charge is 2.00. The summed E-state index contributed by atoms with van der Waals surface area (Å²) in [5.41, 5.74) is 0.670. The number of aromatic amines is 2. The van der Waals surface area contributed by atoms with Gasteiger partial charge in [-0.25, -0.2) is 4.79 Å². The van der Waals surface area contributed by atoms with Gasteiger partial charge in [-0.2, -0.15) is 4.98 Å². The van der Waals surface area contributed by atoms with Crippen LogP contribution < -0.4 is 5.69 Å². The number of nitrogens with zero attached hydrogens (tertiary/aromatic N) is 3.